The standard InChI is InChI=1S/C15H22N4O3/c1-21-5-2-3-18-4-6-22-14-10-19(9-13(14)18)15(20)12-7-16-11-17-8-12/h7-8,11,13-14H,2-6,9-10H2,1H3/t13-,14-/m0/s1. The summed E-state index contributed by atoms with van der Waals surface area (Å²) in [6.45, 7) is 4.73. The SMILES string of the molecule is COCCCN1CCO[C@H]2CN(C(=O)c3cncnc3)C[C@@H]21. The Morgan fingerprint density at radius 2 is 2.23 bits per heavy atom. The van der Waals surface area contributed by atoms with Gasteiger partial charge in [0.25, 0.3) is 5.91 Å². The third-order valence-corrected chi connectivity index (χ3v) is 4.30. The molecule has 120 valence electrons. The number of methoxy groups -OCH3 is 1. The number of hydrogen-bond donors (Lipinski definition) is 0. The molecule has 1 amide bonds. The van der Waals surface area contributed by atoms with E-state index in [-0.39, 0.29) is 18.1 Å². The second-order valence-corrected chi connectivity index (χ2v) is 5.70. The van der Waals surface area contributed by atoms with E-state index in [9.17, 15) is 4.79 Å². The van der Waals surface area contributed by atoms with Gasteiger partial charge in [0, 0.05) is 52.3 Å². The number of nitrogens with zero attached hydrogens (tertiary/aromatic N) is 4. The van der Waals surface area contributed by atoms with Gasteiger partial charge in [-0.2, -0.15) is 0 Å². The quantitative estimate of drug-likeness (QED) is 0.716. The number of rotatable bonds is 5. The minimum Gasteiger partial charge on any atom is -0.385 e. The van der Waals surface area contributed by atoms with Crippen molar-refractivity contribution < 1.29 is 14.3 Å². The van der Waals surface area contributed by atoms with E-state index < -0.39 is 0 Å². The van der Waals surface area contributed by atoms with Crippen LogP contribution in [0.15, 0.2) is 18.7 Å². The van der Waals surface area contributed by atoms with Crippen LogP contribution in [-0.4, -0.2) is 84.3 Å². The minimum absolute atomic E-state index is 0.0181. The number of ether oxygens (including phenoxy) is 2. The van der Waals surface area contributed by atoms with E-state index in [1.807, 2.05) is 4.90 Å². The molecule has 2 aliphatic rings. The van der Waals surface area contributed by atoms with Crippen LogP contribution in [0.1, 0.15) is 16.8 Å². The molecule has 1 aromatic rings. The van der Waals surface area contributed by atoms with Crippen LogP contribution in [0.5, 0.6) is 0 Å². The molecule has 0 bridgehead atoms. The Morgan fingerprint density at radius 1 is 1.41 bits per heavy atom. The first kappa shape index (κ1) is 15.3. The molecule has 2 fully saturated rings. The fourth-order valence-electron chi connectivity index (χ4n) is 3.21. The highest BCUT2D eigenvalue weighted by Gasteiger charge is 2.41. The fraction of sp³-hybridized carbons (Fsp3) is 0.667. The summed E-state index contributed by atoms with van der Waals surface area (Å²) in [6, 6.07) is 0.277. The zero-order valence-electron chi connectivity index (χ0n) is 12.9. The van der Waals surface area contributed by atoms with Crippen molar-refractivity contribution in [1.29, 1.82) is 0 Å². The Labute approximate surface area is 130 Å². The van der Waals surface area contributed by atoms with E-state index in [0.29, 0.717) is 18.7 Å². The number of fused-ring (bicyclic) bond motifs is 1. The molecule has 7 heteroatoms. The molecule has 0 aromatic carbocycles. The predicted molar refractivity (Wildman–Crippen MR) is 79.5 cm³/mol. The van der Waals surface area contributed by atoms with E-state index in [1.165, 1.54) is 6.33 Å². The van der Waals surface area contributed by atoms with Gasteiger partial charge in [-0.1, -0.05) is 0 Å². The molecule has 0 aliphatic carbocycles. The molecule has 0 N–H and O–H groups in total. The van der Waals surface area contributed by atoms with Crippen LogP contribution in [0.2, 0.25) is 0 Å². The third-order valence-electron chi connectivity index (χ3n) is 4.30. The summed E-state index contributed by atoms with van der Waals surface area (Å²) in [7, 11) is 1.72. The van der Waals surface area contributed by atoms with Crippen molar-refractivity contribution in [2.24, 2.45) is 0 Å². The largest absolute Gasteiger partial charge is 0.385 e. The van der Waals surface area contributed by atoms with Gasteiger partial charge in [-0.25, -0.2) is 9.97 Å². The number of carbonyl (C=O) groups excluding carboxylic acids is 1. The maximum atomic E-state index is 12.5. The van der Waals surface area contributed by atoms with Crippen LogP contribution in [0.25, 0.3) is 0 Å². The molecule has 0 radical (unpaired) electrons. The molecule has 7 nitrogen and oxygen atoms in total. The van der Waals surface area contributed by atoms with Gasteiger partial charge >= 0.3 is 0 Å². The molecule has 22 heavy (non-hydrogen) atoms. The zero-order chi connectivity index (χ0) is 15.4. The lowest BCUT2D eigenvalue weighted by atomic mass is 10.1. The Bertz CT molecular complexity index is 499. The van der Waals surface area contributed by atoms with Crippen LogP contribution in [0.4, 0.5) is 0 Å². The second kappa shape index (κ2) is 7.13. The van der Waals surface area contributed by atoms with Gasteiger partial charge < -0.3 is 14.4 Å². The van der Waals surface area contributed by atoms with Gasteiger partial charge in [-0.3, -0.25) is 9.69 Å². The maximum Gasteiger partial charge on any atom is 0.257 e. The molecule has 2 saturated heterocycles. The van der Waals surface area contributed by atoms with Gasteiger partial charge in [0.05, 0.1) is 24.3 Å². The normalized spacial score (nSPS) is 25.2. The van der Waals surface area contributed by atoms with Crippen LogP contribution in [0.3, 0.4) is 0 Å². The van der Waals surface area contributed by atoms with Crippen molar-refractivity contribution in [3.8, 4) is 0 Å². The first-order valence-corrected chi connectivity index (χ1v) is 7.68. The van der Waals surface area contributed by atoms with E-state index >= 15 is 0 Å². The van der Waals surface area contributed by atoms with Crippen molar-refractivity contribution >= 4 is 5.91 Å². The van der Waals surface area contributed by atoms with Gasteiger partial charge in [0.1, 0.15) is 6.33 Å². The summed E-state index contributed by atoms with van der Waals surface area (Å²) in [5.74, 6) is -0.0181. The monoisotopic (exact) mass is 306 g/mol. The second-order valence-electron chi connectivity index (χ2n) is 5.70. The summed E-state index contributed by atoms with van der Waals surface area (Å²) in [4.78, 5) is 24.6. The smallest absolute Gasteiger partial charge is 0.257 e. The summed E-state index contributed by atoms with van der Waals surface area (Å²) in [5.41, 5.74) is 0.534. The zero-order valence-corrected chi connectivity index (χ0v) is 12.9. The van der Waals surface area contributed by atoms with Gasteiger partial charge in [0.2, 0.25) is 0 Å². The third kappa shape index (κ3) is 3.26. The molecule has 2 atom stereocenters. The van der Waals surface area contributed by atoms with Crippen molar-refractivity contribution in [3.63, 3.8) is 0 Å². The first-order chi connectivity index (χ1) is 10.8. The van der Waals surface area contributed by atoms with Crippen LogP contribution in [-0.2, 0) is 9.47 Å². The van der Waals surface area contributed by atoms with Crippen molar-refractivity contribution in [2.75, 3.05) is 46.5 Å². The number of amides is 1. The Morgan fingerprint density at radius 3 is 3.00 bits per heavy atom. The Kier molecular flexibility index (Phi) is 4.97. The Balaban J connectivity index is 1.63. The fourth-order valence-corrected chi connectivity index (χ4v) is 3.21. The highest BCUT2D eigenvalue weighted by molar-refractivity contribution is 5.93. The molecular weight excluding hydrogens is 284 g/mol. The summed E-state index contributed by atoms with van der Waals surface area (Å²) in [6.07, 6.45) is 5.66. The van der Waals surface area contributed by atoms with Gasteiger partial charge in [0.15, 0.2) is 0 Å². The van der Waals surface area contributed by atoms with Crippen molar-refractivity contribution in [3.05, 3.63) is 24.3 Å². The molecule has 0 spiro atoms. The van der Waals surface area contributed by atoms with Gasteiger partial charge in [-0.15, -0.1) is 0 Å². The van der Waals surface area contributed by atoms with Crippen molar-refractivity contribution in [1.82, 2.24) is 19.8 Å². The van der Waals surface area contributed by atoms with Crippen LogP contribution in [0, 0.1) is 0 Å². The lowest BCUT2D eigenvalue weighted by Gasteiger charge is -2.36. The molecule has 3 heterocycles. The molecule has 0 saturated carbocycles. The molecule has 2 aliphatic heterocycles. The predicted octanol–water partition coefficient (Wildman–Crippen LogP) is 0.0383. The average Bonchev–Trinajstić information content (AvgIpc) is 3.00. The first-order valence-electron chi connectivity index (χ1n) is 7.68. The number of hydrogen-bond acceptors (Lipinski definition) is 6. The van der Waals surface area contributed by atoms with E-state index in [0.717, 1.165) is 32.7 Å². The van der Waals surface area contributed by atoms with Crippen molar-refractivity contribution in [2.45, 2.75) is 18.6 Å². The summed E-state index contributed by atoms with van der Waals surface area (Å²) in [5, 5.41) is 0. The average molecular weight is 306 g/mol. The van der Waals surface area contributed by atoms with Crippen LogP contribution >= 0.6 is 0 Å². The lowest BCUT2D eigenvalue weighted by Crippen LogP contribution is -2.51. The highest BCUT2D eigenvalue weighted by Crippen LogP contribution is 2.24. The number of morpholine rings is 1. The van der Waals surface area contributed by atoms with E-state index in [4.69, 9.17) is 9.47 Å². The molecular formula is C15H22N4O3. The summed E-state index contributed by atoms with van der Waals surface area (Å²) < 4.78 is 11.0. The van der Waals surface area contributed by atoms with E-state index in [1.54, 1.807) is 19.5 Å². The topological polar surface area (TPSA) is 67.8 Å². The number of aromatic nitrogens is 2. The highest BCUT2D eigenvalue weighted by atomic mass is 16.5. The molecule has 3 rings (SSSR count). The van der Waals surface area contributed by atoms with Gasteiger partial charge in [-0.05, 0) is 6.42 Å². The van der Waals surface area contributed by atoms with Crippen LogP contribution < -0.4 is 0 Å². The minimum atomic E-state index is -0.0181. The molecule has 1 aromatic heterocycles. The molecule has 0 unspecified atom stereocenters. The maximum absolute atomic E-state index is 12.5. The Hall–Kier alpha value is -1.57. The van der Waals surface area contributed by atoms with E-state index in [2.05, 4.69) is 14.9 Å². The number of likely N-dealkylation sites (tertiary alicyclic amines) is 1. The summed E-state index contributed by atoms with van der Waals surface area (Å²) >= 11 is 0. The number of carbonyl (C=O) groups is 1. The lowest BCUT2D eigenvalue weighted by molar-refractivity contribution is -0.0487.